The summed E-state index contributed by atoms with van der Waals surface area (Å²) in [6.07, 6.45) is 7.74. The van der Waals surface area contributed by atoms with Crippen LogP contribution in [0.1, 0.15) is 67.0 Å². The van der Waals surface area contributed by atoms with Crippen molar-refractivity contribution in [3.63, 3.8) is 0 Å². The Kier molecular flexibility index (Phi) is 8.04. The number of piperidine rings is 2. The Hall–Kier alpha value is -3.51. The van der Waals surface area contributed by atoms with Crippen LogP contribution in [0, 0.1) is 0 Å². The third-order valence-corrected chi connectivity index (χ3v) is 10.1. The van der Waals surface area contributed by atoms with Crippen LogP contribution in [-0.2, 0) is 26.4 Å². The molecule has 0 spiro atoms. The molecule has 1 aromatic carbocycles. The van der Waals surface area contributed by atoms with E-state index in [9.17, 15) is 13.6 Å². The van der Waals surface area contributed by atoms with Crippen molar-refractivity contribution < 1.29 is 13.6 Å². The second-order valence-corrected chi connectivity index (χ2v) is 12.7. The van der Waals surface area contributed by atoms with Crippen molar-refractivity contribution in [2.45, 2.75) is 70.0 Å². The molecule has 0 aliphatic carbocycles. The number of hydrogen-bond acceptors (Lipinski definition) is 6. The average molecular weight is 608 g/mol. The predicted octanol–water partition coefficient (Wildman–Crippen LogP) is 4.39. The van der Waals surface area contributed by atoms with Gasteiger partial charge >= 0.3 is 6.03 Å². The van der Waals surface area contributed by atoms with E-state index in [1.165, 1.54) is 18.5 Å². The van der Waals surface area contributed by atoms with Crippen molar-refractivity contribution in [1.82, 2.24) is 40.0 Å². The molecule has 3 aromatic rings. The molecular formula is C32H43F2N9O. The van der Waals surface area contributed by atoms with Crippen LogP contribution in [0.5, 0.6) is 0 Å². The molecule has 12 heteroatoms. The maximum Gasteiger partial charge on any atom is 0.317 e. The molecule has 6 heterocycles. The number of aromatic nitrogens is 4. The van der Waals surface area contributed by atoms with Gasteiger partial charge in [0.1, 0.15) is 0 Å². The second-order valence-electron chi connectivity index (χ2n) is 12.7. The van der Waals surface area contributed by atoms with Gasteiger partial charge in [-0.1, -0.05) is 0 Å². The number of halogens is 2. The number of rotatable bonds is 5. The van der Waals surface area contributed by atoms with Crippen molar-refractivity contribution in [2.75, 3.05) is 51.2 Å². The van der Waals surface area contributed by atoms with E-state index >= 15 is 0 Å². The molecule has 2 N–H and O–H groups in total. The van der Waals surface area contributed by atoms with Crippen LogP contribution in [0.4, 0.5) is 25.1 Å². The first kappa shape index (κ1) is 29.2. The molecule has 0 unspecified atom stereocenters. The third-order valence-electron chi connectivity index (χ3n) is 10.1. The monoisotopic (exact) mass is 607 g/mol. The van der Waals surface area contributed by atoms with Gasteiger partial charge in [0.25, 0.3) is 6.43 Å². The zero-order valence-electron chi connectivity index (χ0n) is 25.7. The summed E-state index contributed by atoms with van der Waals surface area (Å²) in [7, 11) is 3.45. The highest BCUT2D eigenvalue weighted by atomic mass is 19.3. The lowest BCUT2D eigenvalue weighted by molar-refractivity contribution is 0.109. The first-order valence-electron chi connectivity index (χ1n) is 16.1. The zero-order chi connectivity index (χ0) is 30.4. The van der Waals surface area contributed by atoms with E-state index in [0.29, 0.717) is 36.8 Å². The highest BCUT2D eigenvalue weighted by molar-refractivity contribution is 5.78. The van der Waals surface area contributed by atoms with Crippen LogP contribution < -0.4 is 15.5 Å². The Labute approximate surface area is 257 Å². The van der Waals surface area contributed by atoms with Gasteiger partial charge in [0.05, 0.1) is 18.8 Å². The number of nitrogens with one attached hydrogen (secondary N) is 2. The largest absolute Gasteiger partial charge is 0.341 e. The van der Waals surface area contributed by atoms with Crippen LogP contribution in [-0.4, -0.2) is 87.7 Å². The van der Waals surface area contributed by atoms with Crippen LogP contribution in [0.25, 0.3) is 11.1 Å². The fourth-order valence-electron chi connectivity index (χ4n) is 7.81. The summed E-state index contributed by atoms with van der Waals surface area (Å²) in [4.78, 5) is 19.4. The summed E-state index contributed by atoms with van der Waals surface area (Å²) in [5, 5.41) is 15.8. The Bertz CT molecular complexity index is 1500. The molecule has 2 saturated heterocycles. The van der Waals surface area contributed by atoms with Gasteiger partial charge in [-0.2, -0.15) is 10.2 Å². The molecule has 4 aliphatic rings. The van der Waals surface area contributed by atoms with Gasteiger partial charge < -0.3 is 25.3 Å². The number of benzene rings is 1. The number of alkyl halides is 2. The molecule has 2 amide bonds. The molecule has 4 aliphatic heterocycles. The van der Waals surface area contributed by atoms with E-state index in [1.54, 1.807) is 37.2 Å². The maximum atomic E-state index is 14.6. The lowest BCUT2D eigenvalue weighted by atomic mass is 9.92. The molecular weight excluding hydrogens is 564 g/mol. The van der Waals surface area contributed by atoms with Crippen LogP contribution >= 0.6 is 0 Å². The van der Waals surface area contributed by atoms with E-state index in [2.05, 4.69) is 30.2 Å². The molecule has 236 valence electrons. The fraction of sp³-hybridized carbons (Fsp3) is 0.594. The minimum absolute atomic E-state index is 0.00854. The number of nitrogens with zero attached hydrogens (tertiary/aromatic N) is 7. The average Bonchev–Trinajstić information content (AvgIpc) is 3.67. The van der Waals surface area contributed by atoms with Crippen molar-refractivity contribution >= 4 is 17.5 Å². The number of carbonyl (C=O) groups is 1. The number of anilines is 2. The standard InChI is InChI=1S/C32H43F2N9O/c1-35-32(44)41-15-9-28-27(20-41)31(38-43(28)24-7-13-40(14-8-24)23-5-10-36-11-6-23)42-12-3-4-21-16-25(22-18-37-39(2)19-22)26(30(33)34)17-29(21)42/h16-19,23-24,30,36H,3-15,20H2,1-2H3,(H,35,44). The smallest absolute Gasteiger partial charge is 0.317 e. The predicted molar refractivity (Wildman–Crippen MR) is 165 cm³/mol. The van der Waals surface area contributed by atoms with Gasteiger partial charge in [0.15, 0.2) is 5.82 Å². The third kappa shape index (κ3) is 5.36. The van der Waals surface area contributed by atoms with Crippen molar-refractivity contribution in [2.24, 2.45) is 7.05 Å². The number of carbonyl (C=O) groups excluding carboxylic acids is 1. The van der Waals surface area contributed by atoms with Crippen LogP contribution in [0.3, 0.4) is 0 Å². The van der Waals surface area contributed by atoms with E-state index in [-0.39, 0.29) is 17.6 Å². The number of aryl methyl sites for hydroxylation is 2. The summed E-state index contributed by atoms with van der Waals surface area (Å²) < 4.78 is 33.0. The van der Waals surface area contributed by atoms with Crippen molar-refractivity contribution in [3.8, 4) is 11.1 Å². The Morgan fingerprint density at radius 1 is 1.05 bits per heavy atom. The lowest BCUT2D eigenvalue weighted by Gasteiger charge is -2.40. The molecule has 7 rings (SSSR count). The van der Waals surface area contributed by atoms with E-state index in [1.807, 2.05) is 11.0 Å². The summed E-state index contributed by atoms with van der Waals surface area (Å²) in [5.74, 6) is 0.810. The SMILES string of the molecule is CNC(=O)N1CCc2c(c(N3CCCc4cc(-c5cnn(C)c5)c(C(F)F)cc43)nn2C2CCN(C3CCNCC3)CC2)C1. The molecule has 0 radical (unpaired) electrons. The Morgan fingerprint density at radius 3 is 2.55 bits per heavy atom. The van der Waals surface area contributed by atoms with Gasteiger partial charge in [-0.15, -0.1) is 0 Å². The highest BCUT2D eigenvalue weighted by Gasteiger charge is 2.36. The van der Waals surface area contributed by atoms with Crippen molar-refractivity contribution in [1.29, 1.82) is 0 Å². The van der Waals surface area contributed by atoms with Gasteiger partial charge in [-0.05, 0) is 74.9 Å². The first-order chi connectivity index (χ1) is 21.4. The molecule has 0 atom stereocenters. The van der Waals surface area contributed by atoms with Gasteiger partial charge in [0.2, 0.25) is 0 Å². The van der Waals surface area contributed by atoms with Crippen LogP contribution in [0.2, 0.25) is 0 Å². The zero-order valence-corrected chi connectivity index (χ0v) is 25.7. The fourth-order valence-corrected chi connectivity index (χ4v) is 7.81. The quantitative estimate of drug-likeness (QED) is 0.448. The highest BCUT2D eigenvalue weighted by Crippen LogP contribution is 2.43. The van der Waals surface area contributed by atoms with E-state index in [4.69, 9.17) is 5.10 Å². The topological polar surface area (TPSA) is 86.5 Å². The maximum absolute atomic E-state index is 14.6. The Morgan fingerprint density at radius 2 is 1.84 bits per heavy atom. The molecule has 2 aromatic heterocycles. The summed E-state index contributed by atoms with van der Waals surface area (Å²) in [6, 6.07) is 4.44. The molecule has 10 nitrogen and oxygen atoms in total. The van der Waals surface area contributed by atoms with E-state index < -0.39 is 6.43 Å². The van der Waals surface area contributed by atoms with E-state index in [0.717, 1.165) is 80.9 Å². The number of urea groups is 1. The Balaban J connectivity index is 1.25. The van der Waals surface area contributed by atoms with Gasteiger partial charge in [0, 0.05) is 87.0 Å². The normalized spacial score (nSPS) is 20.2. The number of amides is 2. The van der Waals surface area contributed by atoms with Gasteiger partial charge in [-0.3, -0.25) is 9.36 Å². The summed E-state index contributed by atoms with van der Waals surface area (Å²) in [6.45, 7) is 6.09. The summed E-state index contributed by atoms with van der Waals surface area (Å²) >= 11 is 0. The lowest BCUT2D eigenvalue weighted by Crippen LogP contribution is -2.47. The van der Waals surface area contributed by atoms with Gasteiger partial charge in [-0.25, -0.2) is 13.6 Å². The minimum Gasteiger partial charge on any atom is -0.341 e. The second kappa shape index (κ2) is 12.1. The number of hydrogen-bond donors (Lipinski definition) is 2. The van der Waals surface area contributed by atoms with Crippen LogP contribution in [0.15, 0.2) is 24.5 Å². The van der Waals surface area contributed by atoms with Crippen molar-refractivity contribution in [3.05, 3.63) is 46.9 Å². The number of likely N-dealkylation sites (tertiary alicyclic amines) is 1. The first-order valence-corrected chi connectivity index (χ1v) is 16.1. The molecule has 0 bridgehead atoms. The number of fused-ring (bicyclic) bond motifs is 2. The summed E-state index contributed by atoms with van der Waals surface area (Å²) in [5.41, 5.74) is 5.31. The minimum atomic E-state index is -2.63. The molecule has 44 heavy (non-hydrogen) atoms. The molecule has 2 fully saturated rings. The molecule has 0 saturated carbocycles.